The van der Waals surface area contributed by atoms with Gasteiger partial charge in [0.1, 0.15) is 10.7 Å². The standard InChI is InChI=1S/C14H25BrN2O3S/c1-6-11(7-2)17(5)21(18,19)13-8-12(20-14(13)15)9-16-10(3)4/h8,10-11,16H,6-7,9H2,1-5H3. The van der Waals surface area contributed by atoms with Crippen molar-refractivity contribution in [2.24, 2.45) is 0 Å². The summed E-state index contributed by atoms with van der Waals surface area (Å²) in [7, 11) is -1.92. The maximum absolute atomic E-state index is 12.7. The Labute approximate surface area is 136 Å². The summed E-state index contributed by atoms with van der Waals surface area (Å²) in [5.74, 6) is 0.604. The fourth-order valence-electron chi connectivity index (χ4n) is 2.12. The van der Waals surface area contributed by atoms with Gasteiger partial charge in [0.25, 0.3) is 0 Å². The summed E-state index contributed by atoms with van der Waals surface area (Å²) in [6.07, 6.45) is 1.56. The van der Waals surface area contributed by atoms with Gasteiger partial charge in [0.15, 0.2) is 4.67 Å². The van der Waals surface area contributed by atoms with Crippen molar-refractivity contribution < 1.29 is 12.8 Å². The van der Waals surface area contributed by atoms with Gasteiger partial charge in [0.05, 0.1) is 6.54 Å². The largest absolute Gasteiger partial charge is 0.452 e. The molecule has 5 nitrogen and oxygen atoms in total. The van der Waals surface area contributed by atoms with Crippen LogP contribution in [0.3, 0.4) is 0 Å². The van der Waals surface area contributed by atoms with Crippen LogP contribution >= 0.6 is 15.9 Å². The number of nitrogens with zero attached hydrogens (tertiary/aromatic N) is 1. The Balaban J connectivity index is 3.03. The Bertz CT molecular complexity index is 551. The van der Waals surface area contributed by atoms with E-state index in [0.29, 0.717) is 18.3 Å². The van der Waals surface area contributed by atoms with Gasteiger partial charge >= 0.3 is 0 Å². The minimum Gasteiger partial charge on any atom is -0.452 e. The Morgan fingerprint density at radius 1 is 1.33 bits per heavy atom. The molecule has 0 bridgehead atoms. The molecule has 0 amide bonds. The van der Waals surface area contributed by atoms with Gasteiger partial charge < -0.3 is 9.73 Å². The topological polar surface area (TPSA) is 62.6 Å². The molecule has 21 heavy (non-hydrogen) atoms. The van der Waals surface area contributed by atoms with Gasteiger partial charge in [0.2, 0.25) is 10.0 Å². The normalized spacial score (nSPS) is 12.8. The lowest BCUT2D eigenvalue weighted by Crippen LogP contribution is -2.36. The fraction of sp³-hybridized carbons (Fsp3) is 0.714. The molecule has 1 rings (SSSR count). The van der Waals surface area contributed by atoms with E-state index in [2.05, 4.69) is 21.2 Å². The smallest absolute Gasteiger partial charge is 0.247 e. The molecule has 0 aliphatic heterocycles. The Morgan fingerprint density at radius 3 is 2.38 bits per heavy atom. The van der Waals surface area contributed by atoms with Crippen molar-refractivity contribution in [3.63, 3.8) is 0 Å². The number of hydrogen-bond acceptors (Lipinski definition) is 4. The summed E-state index contributed by atoms with van der Waals surface area (Å²) in [4.78, 5) is 0.192. The third-order valence-corrected chi connectivity index (χ3v) is 6.27. The third kappa shape index (κ3) is 4.55. The molecule has 1 heterocycles. The third-order valence-electron chi connectivity index (χ3n) is 3.50. The van der Waals surface area contributed by atoms with Gasteiger partial charge in [-0.1, -0.05) is 27.7 Å². The van der Waals surface area contributed by atoms with Crippen LogP contribution in [0.5, 0.6) is 0 Å². The highest BCUT2D eigenvalue weighted by Gasteiger charge is 2.30. The molecule has 0 saturated heterocycles. The zero-order valence-electron chi connectivity index (χ0n) is 13.3. The zero-order chi connectivity index (χ0) is 16.2. The van der Waals surface area contributed by atoms with E-state index in [9.17, 15) is 8.42 Å². The van der Waals surface area contributed by atoms with Crippen molar-refractivity contribution >= 4 is 26.0 Å². The highest BCUT2D eigenvalue weighted by atomic mass is 79.9. The molecule has 0 radical (unpaired) electrons. The molecule has 1 N–H and O–H groups in total. The average Bonchev–Trinajstić information content (AvgIpc) is 2.79. The molecule has 0 saturated carbocycles. The predicted molar refractivity (Wildman–Crippen MR) is 87.7 cm³/mol. The number of sulfonamides is 1. The van der Waals surface area contributed by atoms with Gasteiger partial charge in [-0.3, -0.25) is 0 Å². The van der Waals surface area contributed by atoms with E-state index < -0.39 is 10.0 Å². The number of nitrogens with one attached hydrogen (secondary N) is 1. The minimum atomic E-state index is -3.55. The van der Waals surface area contributed by atoms with Gasteiger partial charge in [-0.2, -0.15) is 4.31 Å². The summed E-state index contributed by atoms with van der Waals surface area (Å²) in [5.41, 5.74) is 0. The first-order valence-electron chi connectivity index (χ1n) is 7.23. The predicted octanol–water partition coefficient (Wildman–Crippen LogP) is 3.35. The molecular weight excluding hydrogens is 356 g/mol. The van der Waals surface area contributed by atoms with Crippen molar-refractivity contribution in [1.29, 1.82) is 0 Å². The van der Waals surface area contributed by atoms with Gasteiger partial charge in [-0.25, -0.2) is 8.42 Å². The van der Waals surface area contributed by atoms with E-state index >= 15 is 0 Å². The van der Waals surface area contributed by atoms with Gasteiger partial charge in [-0.05, 0) is 28.8 Å². The molecule has 0 fully saturated rings. The first-order chi connectivity index (χ1) is 9.73. The van der Waals surface area contributed by atoms with Crippen molar-refractivity contribution in [2.75, 3.05) is 7.05 Å². The maximum atomic E-state index is 12.7. The summed E-state index contributed by atoms with van der Waals surface area (Å²) in [6.45, 7) is 8.53. The van der Waals surface area contributed by atoms with E-state index in [1.54, 1.807) is 13.1 Å². The highest BCUT2D eigenvalue weighted by Crippen LogP contribution is 2.30. The van der Waals surface area contributed by atoms with Crippen molar-refractivity contribution in [3.8, 4) is 0 Å². The molecule has 0 unspecified atom stereocenters. The number of halogens is 1. The van der Waals surface area contributed by atoms with E-state index in [1.165, 1.54) is 4.31 Å². The molecule has 122 valence electrons. The molecule has 0 aromatic carbocycles. The van der Waals surface area contributed by atoms with Crippen LogP contribution in [-0.2, 0) is 16.6 Å². The Hall–Kier alpha value is -0.370. The van der Waals surface area contributed by atoms with Crippen molar-refractivity contribution in [2.45, 2.75) is 64.1 Å². The lowest BCUT2D eigenvalue weighted by Gasteiger charge is -2.24. The molecule has 0 atom stereocenters. The molecular formula is C14H25BrN2O3S. The Morgan fingerprint density at radius 2 is 1.90 bits per heavy atom. The first kappa shape index (κ1) is 18.7. The lowest BCUT2D eigenvalue weighted by atomic mass is 10.2. The second-order valence-electron chi connectivity index (χ2n) is 5.38. The van der Waals surface area contributed by atoms with Crippen molar-refractivity contribution in [1.82, 2.24) is 9.62 Å². The SMILES string of the molecule is CCC(CC)N(C)S(=O)(=O)c1cc(CNC(C)C)oc1Br. The van der Waals surface area contributed by atoms with Crippen LogP contribution in [0.4, 0.5) is 0 Å². The van der Waals surface area contributed by atoms with Gasteiger partial charge in [-0.15, -0.1) is 0 Å². The van der Waals surface area contributed by atoms with Crippen LogP contribution < -0.4 is 5.32 Å². The Kier molecular flexibility index (Phi) is 6.90. The van der Waals surface area contributed by atoms with E-state index in [4.69, 9.17) is 4.42 Å². The lowest BCUT2D eigenvalue weighted by molar-refractivity contribution is 0.349. The monoisotopic (exact) mass is 380 g/mol. The number of hydrogen-bond donors (Lipinski definition) is 1. The van der Waals surface area contributed by atoms with E-state index in [-0.39, 0.29) is 15.6 Å². The van der Waals surface area contributed by atoms with Crippen LogP contribution in [0.25, 0.3) is 0 Å². The van der Waals surface area contributed by atoms with Crippen LogP contribution in [0, 0.1) is 0 Å². The minimum absolute atomic E-state index is 0.00552. The van der Waals surface area contributed by atoms with Crippen LogP contribution in [0.1, 0.15) is 46.3 Å². The summed E-state index contributed by atoms with van der Waals surface area (Å²) in [5, 5.41) is 3.21. The molecule has 0 spiro atoms. The van der Waals surface area contributed by atoms with Crippen LogP contribution in [-0.4, -0.2) is 31.9 Å². The van der Waals surface area contributed by atoms with E-state index in [0.717, 1.165) is 12.8 Å². The van der Waals surface area contributed by atoms with E-state index in [1.807, 2.05) is 27.7 Å². The van der Waals surface area contributed by atoms with Crippen LogP contribution in [0.2, 0.25) is 0 Å². The molecule has 1 aromatic heterocycles. The van der Waals surface area contributed by atoms with Crippen molar-refractivity contribution in [3.05, 3.63) is 16.5 Å². The molecule has 7 heteroatoms. The second kappa shape index (κ2) is 7.76. The summed E-state index contributed by atoms with van der Waals surface area (Å²) in [6, 6.07) is 1.89. The highest BCUT2D eigenvalue weighted by molar-refractivity contribution is 9.10. The molecule has 1 aromatic rings. The van der Waals surface area contributed by atoms with Gasteiger partial charge in [0, 0.05) is 25.2 Å². The first-order valence-corrected chi connectivity index (χ1v) is 9.46. The summed E-state index contributed by atoms with van der Waals surface area (Å²) < 4.78 is 32.6. The molecule has 0 aliphatic rings. The average molecular weight is 381 g/mol. The zero-order valence-corrected chi connectivity index (χ0v) is 15.7. The maximum Gasteiger partial charge on any atom is 0.247 e. The summed E-state index contributed by atoms with van der Waals surface area (Å²) >= 11 is 3.22. The van der Waals surface area contributed by atoms with Crippen LogP contribution in [0.15, 0.2) is 20.0 Å². The number of rotatable bonds is 8. The number of furan rings is 1. The fourth-order valence-corrected chi connectivity index (χ4v) is 4.58. The second-order valence-corrected chi connectivity index (χ2v) is 8.06. The quantitative estimate of drug-likeness (QED) is 0.750. The molecule has 0 aliphatic carbocycles.